The normalized spacial score (nSPS) is 12.6. The molecule has 0 radical (unpaired) electrons. The number of rotatable bonds is 5. The van der Waals surface area contributed by atoms with E-state index in [0.717, 1.165) is 22.9 Å². The Morgan fingerprint density at radius 3 is 2.89 bits per heavy atom. The molecule has 0 saturated heterocycles. The first-order valence-electron chi connectivity index (χ1n) is 6.07. The van der Waals surface area contributed by atoms with Crippen LogP contribution in [0, 0.1) is 6.92 Å². The quantitative estimate of drug-likeness (QED) is 0.869. The molecule has 0 bridgehead atoms. The van der Waals surface area contributed by atoms with Crippen LogP contribution in [-0.2, 0) is 6.42 Å². The number of hydrogen-bond acceptors (Lipinski definition) is 4. The summed E-state index contributed by atoms with van der Waals surface area (Å²) in [4.78, 5) is 5.27. The standard InChI is InChI=1S/C13H18N4S/c1-3-11(14)7-10-4-5-12(6-9(10)2)18-13-15-8-16-17-13/h4-6,8,11H,3,7,14H2,1-2H3,(H,15,16,17). The number of nitrogens with zero attached hydrogens (tertiary/aromatic N) is 2. The molecule has 1 heterocycles. The van der Waals surface area contributed by atoms with Crippen molar-refractivity contribution in [2.75, 3.05) is 0 Å². The van der Waals surface area contributed by atoms with Crippen LogP contribution in [0.5, 0.6) is 0 Å². The van der Waals surface area contributed by atoms with Gasteiger partial charge in [-0.1, -0.05) is 24.8 Å². The van der Waals surface area contributed by atoms with Crippen molar-refractivity contribution in [3.8, 4) is 0 Å². The summed E-state index contributed by atoms with van der Waals surface area (Å²) in [7, 11) is 0. The number of H-pyrrole nitrogens is 1. The van der Waals surface area contributed by atoms with E-state index in [1.807, 2.05) is 0 Å². The van der Waals surface area contributed by atoms with E-state index in [1.165, 1.54) is 17.5 Å². The highest BCUT2D eigenvalue weighted by atomic mass is 32.2. The van der Waals surface area contributed by atoms with Gasteiger partial charge in [-0.3, -0.25) is 5.10 Å². The molecule has 2 aromatic rings. The van der Waals surface area contributed by atoms with Gasteiger partial charge >= 0.3 is 0 Å². The number of benzene rings is 1. The summed E-state index contributed by atoms with van der Waals surface area (Å²) in [6, 6.07) is 6.68. The molecular weight excluding hydrogens is 244 g/mol. The highest BCUT2D eigenvalue weighted by Crippen LogP contribution is 2.26. The van der Waals surface area contributed by atoms with Crippen molar-refractivity contribution in [2.45, 2.75) is 42.8 Å². The van der Waals surface area contributed by atoms with Crippen molar-refractivity contribution >= 4 is 11.8 Å². The number of hydrogen-bond donors (Lipinski definition) is 2. The molecule has 1 aromatic carbocycles. The van der Waals surface area contributed by atoms with Gasteiger partial charge in [0.15, 0.2) is 5.16 Å². The minimum absolute atomic E-state index is 0.247. The Hall–Kier alpha value is -1.33. The molecule has 18 heavy (non-hydrogen) atoms. The van der Waals surface area contributed by atoms with Crippen molar-refractivity contribution in [1.82, 2.24) is 15.2 Å². The fraction of sp³-hybridized carbons (Fsp3) is 0.385. The Morgan fingerprint density at radius 1 is 1.44 bits per heavy atom. The van der Waals surface area contributed by atoms with Crippen LogP contribution >= 0.6 is 11.8 Å². The first kappa shape index (κ1) is 13.1. The Bertz CT molecular complexity index is 496. The van der Waals surface area contributed by atoms with E-state index >= 15 is 0 Å². The van der Waals surface area contributed by atoms with E-state index < -0.39 is 0 Å². The van der Waals surface area contributed by atoms with Crippen LogP contribution in [-0.4, -0.2) is 21.2 Å². The molecular formula is C13H18N4S. The zero-order valence-electron chi connectivity index (χ0n) is 10.7. The number of nitrogens with two attached hydrogens (primary N) is 1. The van der Waals surface area contributed by atoms with Crippen molar-refractivity contribution in [1.29, 1.82) is 0 Å². The number of aromatic amines is 1. The Labute approximate surface area is 111 Å². The van der Waals surface area contributed by atoms with Crippen molar-refractivity contribution in [2.24, 2.45) is 5.73 Å². The van der Waals surface area contributed by atoms with Gasteiger partial charge < -0.3 is 5.73 Å². The minimum atomic E-state index is 0.247. The Balaban J connectivity index is 2.09. The van der Waals surface area contributed by atoms with Gasteiger partial charge in [-0.05, 0) is 43.0 Å². The molecule has 0 fully saturated rings. The third-order valence-corrected chi connectivity index (χ3v) is 3.81. The molecule has 2 rings (SSSR count). The first-order chi connectivity index (χ1) is 8.69. The predicted octanol–water partition coefficient (Wildman–Crippen LogP) is 2.54. The zero-order chi connectivity index (χ0) is 13.0. The highest BCUT2D eigenvalue weighted by molar-refractivity contribution is 7.99. The van der Waals surface area contributed by atoms with Crippen LogP contribution in [0.3, 0.4) is 0 Å². The maximum absolute atomic E-state index is 5.99. The third kappa shape index (κ3) is 3.34. The van der Waals surface area contributed by atoms with E-state index in [0.29, 0.717) is 0 Å². The van der Waals surface area contributed by atoms with Crippen LogP contribution in [0.1, 0.15) is 24.5 Å². The summed E-state index contributed by atoms with van der Waals surface area (Å²) in [6.45, 7) is 4.25. The lowest BCUT2D eigenvalue weighted by Crippen LogP contribution is -2.21. The highest BCUT2D eigenvalue weighted by Gasteiger charge is 2.06. The van der Waals surface area contributed by atoms with Gasteiger partial charge in [-0.2, -0.15) is 5.10 Å². The van der Waals surface area contributed by atoms with Gasteiger partial charge in [-0.25, -0.2) is 4.98 Å². The van der Waals surface area contributed by atoms with E-state index in [1.54, 1.807) is 11.8 Å². The fourth-order valence-corrected chi connectivity index (χ4v) is 2.54. The summed E-state index contributed by atoms with van der Waals surface area (Å²) >= 11 is 1.58. The lowest BCUT2D eigenvalue weighted by atomic mass is 10.0. The smallest absolute Gasteiger partial charge is 0.188 e. The Morgan fingerprint density at radius 2 is 2.28 bits per heavy atom. The summed E-state index contributed by atoms with van der Waals surface area (Å²) in [5.74, 6) is 0. The zero-order valence-corrected chi connectivity index (χ0v) is 11.5. The van der Waals surface area contributed by atoms with E-state index in [4.69, 9.17) is 5.73 Å². The summed E-state index contributed by atoms with van der Waals surface area (Å²) < 4.78 is 0. The van der Waals surface area contributed by atoms with Gasteiger partial charge in [0.2, 0.25) is 0 Å². The SMILES string of the molecule is CCC(N)Cc1ccc(Sc2ncn[nH]2)cc1C. The largest absolute Gasteiger partial charge is 0.327 e. The third-order valence-electron chi connectivity index (χ3n) is 2.93. The van der Waals surface area contributed by atoms with Gasteiger partial charge in [0, 0.05) is 10.9 Å². The molecule has 1 atom stereocenters. The average molecular weight is 262 g/mol. The number of aryl methyl sites for hydroxylation is 1. The molecule has 3 N–H and O–H groups in total. The van der Waals surface area contributed by atoms with Crippen LogP contribution in [0.2, 0.25) is 0 Å². The Kier molecular flexibility index (Phi) is 4.38. The number of aromatic nitrogens is 3. The maximum atomic E-state index is 5.99. The van der Waals surface area contributed by atoms with E-state index in [-0.39, 0.29) is 6.04 Å². The van der Waals surface area contributed by atoms with Gasteiger partial charge in [0.25, 0.3) is 0 Å². The monoisotopic (exact) mass is 262 g/mol. The van der Waals surface area contributed by atoms with E-state index in [2.05, 4.69) is 47.2 Å². The van der Waals surface area contributed by atoms with E-state index in [9.17, 15) is 0 Å². The van der Waals surface area contributed by atoms with Gasteiger partial charge in [0.1, 0.15) is 6.33 Å². The molecule has 0 spiro atoms. The second-order valence-electron chi connectivity index (χ2n) is 4.35. The van der Waals surface area contributed by atoms with Crippen LogP contribution in [0.25, 0.3) is 0 Å². The van der Waals surface area contributed by atoms with Crippen molar-refractivity contribution in [3.05, 3.63) is 35.7 Å². The molecule has 0 aliphatic heterocycles. The summed E-state index contributed by atoms with van der Waals surface area (Å²) in [6.07, 6.45) is 3.47. The van der Waals surface area contributed by atoms with Crippen LogP contribution in [0.15, 0.2) is 34.6 Å². The second-order valence-corrected chi connectivity index (χ2v) is 5.42. The molecule has 4 nitrogen and oxygen atoms in total. The molecule has 0 aliphatic rings. The number of nitrogens with one attached hydrogen (secondary N) is 1. The molecule has 96 valence electrons. The molecule has 1 unspecified atom stereocenters. The topological polar surface area (TPSA) is 67.6 Å². The van der Waals surface area contributed by atoms with Crippen molar-refractivity contribution < 1.29 is 0 Å². The minimum Gasteiger partial charge on any atom is -0.327 e. The summed E-state index contributed by atoms with van der Waals surface area (Å²) in [5.41, 5.74) is 8.60. The lowest BCUT2D eigenvalue weighted by Gasteiger charge is -2.12. The maximum Gasteiger partial charge on any atom is 0.188 e. The van der Waals surface area contributed by atoms with Crippen LogP contribution in [0.4, 0.5) is 0 Å². The average Bonchev–Trinajstić information content (AvgIpc) is 2.85. The molecule has 5 heteroatoms. The second kappa shape index (κ2) is 6.02. The molecule has 1 aromatic heterocycles. The van der Waals surface area contributed by atoms with Crippen molar-refractivity contribution in [3.63, 3.8) is 0 Å². The summed E-state index contributed by atoms with van der Waals surface area (Å²) in [5, 5.41) is 7.49. The molecule has 0 aliphatic carbocycles. The van der Waals surface area contributed by atoms with Gasteiger partial charge in [-0.15, -0.1) is 0 Å². The fourth-order valence-electron chi connectivity index (χ4n) is 1.74. The van der Waals surface area contributed by atoms with Crippen LogP contribution < -0.4 is 5.73 Å². The van der Waals surface area contributed by atoms with Gasteiger partial charge in [0.05, 0.1) is 0 Å². The molecule has 0 saturated carbocycles. The lowest BCUT2D eigenvalue weighted by molar-refractivity contribution is 0.644. The first-order valence-corrected chi connectivity index (χ1v) is 6.89. The predicted molar refractivity (Wildman–Crippen MR) is 73.7 cm³/mol. The molecule has 0 amide bonds.